The molecule has 0 spiro atoms. The molecule has 0 rings (SSSR count). The van der Waals surface area contributed by atoms with Crippen molar-refractivity contribution >= 4 is 17.9 Å². The Morgan fingerprint density at radius 1 is 0.328 bits per heavy atom. The molecule has 0 bridgehead atoms. The molecule has 0 N–H and O–H groups in total. The maximum atomic E-state index is 12.8. The van der Waals surface area contributed by atoms with Gasteiger partial charge in [0, 0.05) is 19.3 Å². The van der Waals surface area contributed by atoms with E-state index >= 15 is 0 Å². The fourth-order valence-electron chi connectivity index (χ4n) is 7.05. The number of hydrogen-bond acceptors (Lipinski definition) is 6. The summed E-state index contributed by atoms with van der Waals surface area (Å²) in [6, 6.07) is 0. The van der Waals surface area contributed by atoms with Gasteiger partial charge in [0.2, 0.25) is 0 Å². The first-order valence-electron chi connectivity index (χ1n) is 25.8. The highest BCUT2D eigenvalue weighted by Crippen LogP contribution is 2.14. The van der Waals surface area contributed by atoms with Gasteiger partial charge in [0.25, 0.3) is 0 Å². The molecule has 0 amide bonds. The largest absolute Gasteiger partial charge is 0.462 e. The van der Waals surface area contributed by atoms with Crippen molar-refractivity contribution in [1.29, 1.82) is 0 Å². The van der Waals surface area contributed by atoms with Crippen molar-refractivity contribution in [2.24, 2.45) is 0 Å². The quantitative estimate of drug-likeness (QED) is 0.0200. The van der Waals surface area contributed by atoms with Gasteiger partial charge in [-0.1, -0.05) is 204 Å². The lowest BCUT2D eigenvalue weighted by molar-refractivity contribution is -0.167. The highest BCUT2D eigenvalue weighted by Gasteiger charge is 2.19. The minimum Gasteiger partial charge on any atom is -0.462 e. The third kappa shape index (κ3) is 48.0. The summed E-state index contributed by atoms with van der Waals surface area (Å²) in [5.41, 5.74) is 0. The number of carbonyl (C=O) groups excluding carboxylic acids is 3. The number of rotatable bonds is 46. The molecule has 0 heterocycles. The van der Waals surface area contributed by atoms with E-state index < -0.39 is 6.10 Å². The molecule has 0 saturated heterocycles. The number of unbranched alkanes of at least 4 members (excludes halogenated alkanes) is 27. The van der Waals surface area contributed by atoms with Gasteiger partial charge in [0.1, 0.15) is 13.2 Å². The summed E-state index contributed by atoms with van der Waals surface area (Å²) in [4.78, 5) is 37.9. The Morgan fingerprint density at radius 2 is 0.607 bits per heavy atom. The topological polar surface area (TPSA) is 78.9 Å². The Balaban J connectivity index is 4.36. The lowest BCUT2D eigenvalue weighted by atomic mass is 10.1. The summed E-state index contributed by atoms with van der Waals surface area (Å²) in [6.07, 6.45) is 60.6. The first-order valence-corrected chi connectivity index (χ1v) is 25.8. The Kier molecular flexibility index (Phi) is 47.4. The summed E-state index contributed by atoms with van der Waals surface area (Å²) in [5.74, 6) is -0.937. The average Bonchev–Trinajstić information content (AvgIpc) is 3.26. The van der Waals surface area contributed by atoms with E-state index in [1.165, 1.54) is 128 Å². The molecule has 6 heteroatoms. The van der Waals surface area contributed by atoms with E-state index in [0.29, 0.717) is 19.3 Å². The van der Waals surface area contributed by atoms with Crippen molar-refractivity contribution in [3.05, 3.63) is 60.8 Å². The van der Waals surface area contributed by atoms with E-state index in [-0.39, 0.29) is 31.1 Å². The smallest absolute Gasteiger partial charge is 0.306 e. The molecule has 0 aliphatic carbocycles. The monoisotopic (exact) mass is 853 g/mol. The molecule has 0 radical (unpaired) electrons. The molecular formula is C55H96O6. The lowest BCUT2D eigenvalue weighted by Crippen LogP contribution is -2.30. The van der Waals surface area contributed by atoms with E-state index in [2.05, 4.69) is 81.5 Å². The number of hydrogen-bond donors (Lipinski definition) is 0. The average molecular weight is 853 g/mol. The second-order valence-electron chi connectivity index (χ2n) is 17.1. The first-order chi connectivity index (χ1) is 30.0. The fraction of sp³-hybridized carbons (Fsp3) is 0.764. The molecule has 352 valence electrons. The molecular weight excluding hydrogens is 757 g/mol. The van der Waals surface area contributed by atoms with Crippen molar-refractivity contribution in [2.75, 3.05) is 13.2 Å². The second-order valence-corrected chi connectivity index (χ2v) is 17.1. The summed E-state index contributed by atoms with van der Waals surface area (Å²) in [7, 11) is 0. The van der Waals surface area contributed by atoms with Crippen LogP contribution in [-0.4, -0.2) is 37.2 Å². The van der Waals surface area contributed by atoms with Gasteiger partial charge in [-0.2, -0.15) is 0 Å². The third-order valence-electron chi connectivity index (χ3n) is 11.0. The third-order valence-corrected chi connectivity index (χ3v) is 11.0. The van der Waals surface area contributed by atoms with Gasteiger partial charge in [-0.15, -0.1) is 0 Å². The molecule has 0 aromatic rings. The van der Waals surface area contributed by atoms with Crippen molar-refractivity contribution in [3.8, 4) is 0 Å². The van der Waals surface area contributed by atoms with Gasteiger partial charge in [0.15, 0.2) is 6.10 Å². The molecule has 0 aliphatic heterocycles. The number of allylic oxidation sites excluding steroid dienone is 10. The SMILES string of the molecule is CCCC/C=C\C=C/CCCCCC(=O)OCC(COC(=O)CCCCCCCCCCCC/C=C\C=C/CCCCC)OC(=O)CCCCC/C=C\CCCCCCCC. The van der Waals surface area contributed by atoms with Crippen LogP contribution in [0.4, 0.5) is 0 Å². The predicted molar refractivity (Wildman–Crippen MR) is 261 cm³/mol. The van der Waals surface area contributed by atoms with Crippen LogP contribution in [0.25, 0.3) is 0 Å². The standard InChI is InChI=1S/C55H96O6/c1-4-7-10-13-16-19-22-24-25-26-27-28-29-31-33-36-39-42-45-48-54(57)60-51-52(50-59-53(56)47-44-41-38-35-32-21-18-15-12-9-6-3)61-55(58)49-46-43-40-37-34-30-23-20-17-14-11-8-5-2/h15-16,18-19,21-22,24,30,32,34,52H,4-14,17,20,23,25-29,31,33,35-51H2,1-3H3/b18-15-,19-16-,24-22-,32-21-,34-30-. The Labute approximate surface area is 377 Å². The van der Waals surface area contributed by atoms with Crippen molar-refractivity contribution in [2.45, 2.75) is 258 Å². The van der Waals surface area contributed by atoms with E-state index in [1.54, 1.807) is 0 Å². The fourth-order valence-corrected chi connectivity index (χ4v) is 7.05. The lowest BCUT2D eigenvalue weighted by Gasteiger charge is -2.18. The van der Waals surface area contributed by atoms with Crippen molar-refractivity contribution in [1.82, 2.24) is 0 Å². The maximum Gasteiger partial charge on any atom is 0.306 e. The molecule has 0 fully saturated rings. The Morgan fingerprint density at radius 3 is 1.02 bits per heavy atom. The molecule has 1 atom stereocenters. The highest BCUT2D eigenvalue weighted by molar-refractivity contribution is 5.71. The van der Waals surface area contributed by atoms with Crippen LogP contribution in [-0.2, 0) is 28.6 Å². The van der Waals surface area contributed by atoms with Crippen LogP contribution in [0, 0.1) is 0 Å². The highest BCUT2D eigenvalue weighted by atomic mass is 16.6. The Bertz CT molecular complexity index is 1120. The zero-order valence-electron chi connectivity index (χ0n) is 40.2. The zero-order chi connectivity index (χ0) is 44.4. The van der Waals surface area contributed by atoms with E-state index in [4.69, 9.17) is 14.2 Å². The van der Waals surface area contributed by atoms with E-state index in [9.17, 15) is 14.4 Å². The first kappa shape index (κ1) is 58.1. The number of carbonyl (C=O) groups is 3. The van der Waals surface area contributed by atoms with E-state index in [1.807, 2.05) is 0 Å². The minimum absolute atomic E-state index is 0.0903. The summed E-state index contributed by atoms with van der Waals surface area (Å²) in [5, 5.41) is 0. The number of esters is 3. The van der Waals surface area contributed by atoms with Gasteiger partial charge >= 0.3 is 17.9 Å². The van der Waals surface area contributed by atoms with Crippen molar-refractivity contribution in [3.63, 3.8) is 0 Å². The summed E-state index contributed by atoms with van der Waals surface area (Å²) in [6.45, 7) is 6.51. The number of ether oxygens (including phenoxy) is 3. The van der Waals surface area contributed by atoms with Crippen molar-refractivity contribution < 1.29 is 28.6 Å². The molecule has 61 heavy (non-hydrogen) atoms. The molecule has 0 saturated carbocycles. The van der Waals surface area contributed by atoms with Crippen LogP contribution >= 0.6 is 0 Å². The summed E-state index contributed by atoms with van der Waals surface area (Å²) < 4.78 is 16.7. The molecule has 6 nitrogen and oxygen atoms in total. The van der Waals surface area contributed by atoms with Crippen LogP contribution in [0.2, 0.25) is 0 Å². The Hall–Kier alpha value is -2.89. The van der Waals surface area contributed by atoms with Gasteiger partial charge in [-0.3, -0.25) is 14.4 Å². The zero-order valence-corrected chi connectivity index (χ0v) is 40.2. The maximum absolute atomic E-state index is 12.8. The predicted octanol–water partition coefficient (Wildman–Crippen LogP) is 16.9. The molecule has 0 aliphatic rings. The molecule has 1 unspecified atom stereocenters. The van der Waals surface area contributed by atoms with Gasteiger partial charge < -0.3 is 14.2 Å². The van der Waals surface area contributed by atoms with Crippen LogP contribution in [0.5, 0.6) is 0 Å². The normalized spacial score (nSPS) is 12.5. The van der Waals surface area contributed by atoms with Crippen LogP contribution in [0.15, 0.2) is 60.8 Å². The molecule has 0 aromatic heterocycles. The minimum atomic E-state index is -0.792. The molecule has 0 aromatic carbocycles. The van der Waals surface area contributed by atoms with Gasteiger partial charge in [-0.05, 0) is 89.9 Å². The summed E-state index contributed by atoms with van der Waals surface area (Å²) >= 11 is 0. The van der Waals surface area contributed by atoms with Crippen LogP contribution in [0.3, 0.4) is 0 Å². The second kappa shape index (κ2) is 49.8. The van der Waals surface area contributed by atoms with E-state index in [0.717, 1.165) is 83.5 Å². The van der Waals surface area contributed by atoms with Gasteiger partial charge in [0.05, 0.1) is 0 Å². The van der Waals surface area contributed by atoms with Crippen LogP contribution < -0.4 is 0 Å². The van der Waals surface area contributed by atoms with Gasteiger partial charge in [-0.25, -0.2) is 0 Å². The van der Waals surface area contributed by atoms with Crippen LogP contribution in [0.1, 0.15) is 252 Å².